The lowest BCUT2D eigenvalue weighted by Crippen LogP contribution is -2.43. The van der Waals surface area contributed by atoms with Crippen molar-refractivity contribution in [2.45, 2.75) is 38.1 Å². The summed E-state index contributed by atoms with van der Waals surface area (Å²) in [5.74, 6) is 5.10. The zero-order valence-electron chi connectivity index (χ0n) is 11.3. The van der Waals surface area contributed by atoms with Gasteiger partial charge in [-0.1, -0.05) is 6.92 Å². The van der Waals surface area contributed by atoms with Gasteiger partial charge in [-0.2, -0.15) is 23.5 Å². The predicted octanol–water partition coefficient (Wildman–Crippen LogP) is 2.27. The maximum absolute atomic E-state index is 4.51. The molecule has 5 heteroatoms. The van der Waals surface area contributed by atoms with E-state index in [1.54, 1.807) is 0 Å². The zero-order valence-corrected chi connectivity index (χ0v) is 12.9. The largest absolute Gasteiger partial charge is 0.335 e. The highest BCUT2D eigenvalue weighted by atomic mass is 32.2. The van der Waals surface area contributed by atoms with E-state index in [9.17, 15) is 0 Å². The molecule has 2 atom stereocenters. The zero-order chi connectivity index (χ0) is 12.8. The molecule has 0 bridgehead atoms. The summed E-state index contributed by atoms with van der Waals surface area (Å²) < 4.78 is 2.25. The Morgan fingerprint density at radius 2 is 2.39 bits per heavy atom. The Morgan fingerprint density at radius 3 is 3.06 bits per heavy atom. The van der Waals surface area contributed by atoms with Crippen molar-refractivity contribution in [3.8, 4) is 0 Å². The molecule has 0 radical (unpaired) electrons. The Morgan fingerprint density at radius 1 is 1.50 bits per heavy atom. The Hall–Kier alpha value is -0.130. The summed E-state index contributed by atoms with van der Waals surface area (Å²) in [5.41, 5.74) is 0. The number of aryl methyl sites for hydroxylation is 1. The number of hydrogen-bond acceptors (Lipinski definition) is 4. The molecule has 0 saturated carbocycles. The second kappa shape index (κ2) is 7.46. The lowest BCUT2D eigenvalue weighted by Gasteiger charge is -2.30. The number of hydrogen-bond donors (Lipinski definition) is 1. The van der Waals surface area contributed by atoms with E-state index in [-0.39, 0.29) is 0 Å². The minimum absolute atomic E-state index is 0.556. The lowest BCUT2D eigenvalue weighted by molar-refractivity contribution is 0.500. The molecule has 102 valence electrons. The van der Waals surface area contributed by atoms with Crippen molar-refractivity contribution in [3.63, 3.8) is 0 Å². The molecule has 1 aromatic heterocycles. The van der Waals surface area contributed by atoms with Crippen LogP contribution in [0.15, 0.2) is 12.4 Å². The van der Waals surface area contributed by atoms with Gasteiger partial charge in [-0.3, -0.25) is 0 Å². The SMILES string of the molecule is CCNC(Cc1nccn1CC)C1CSCCS1. The predicted molar refractivity (Wildman–Crippen MR) is 82.6 cm³/mol. The van der Waals surface area contributed by atoms with Crippen molar-refractivity contribution >= 4 is 23.5 Å². The van der Waals surface area contributed by atoms with E-state index >= 15 is 0 Å². The van der Waals surface area contributed by atoms with Crippen molar-refractivity contribution < 1.29 is 0 Å². The van der Waals surface area contributed by atoms with E-state index in [1.807, 2.05) is 6.20 Å². The molecule has 0 aromatic carbocycles. The number of rotatable bonds is 6. The van der Waals surface area contributed by atoms with Crippen LogP contribution in [0.3, 0.4) is 0 Å². The maximum Gasteiger partial charge on any atom is 0.110 e. The van der Waals surface area contributed by atoms with Crippen molar-refractivity contribution in [1.82, 2.24) is 14.9 Å². The highest BCUT2D eigenvalue weighted by Gasteiger charge is 2.25. The summed E-state index contributed by atoms with van der Waals surface area (Å²) in [6.45, 7) is 6.43. The van der Waals surface area contributed by atoms with Crippen molar-refractivity contribution in [2.24, 2.45) is 0 Å². The van der Waals surface area contributed by atoms with Gasteiger partial charge >= 0.3 is 0 Å². The minimum atomic E-state index is 0.556. The molecule has 0 amide bonds. The minimum Gasteiger partial charge on any atom is -0.335 e. The van der Waals surface area contributed by atoms with Gasteiger partial charge < -0.3 is 9.88 Å². The third-order valence-electron chi connectivity index (χ3n) is 3.30. The van der Waals surface area contributed by atoms with Gasteiger partial charge in [0.05, 0.1) is 0 Å². The van der Waals surface area contributed by atoms with E-state index in [0.29, 0.717) is 6.04 Å². The maximum atomic E-state index is 4.51. The Bertz CT molecular complexity index is 348. The Kier molecular flexibility index (Phi) is 5.92. The van der Waals surface area contributed by atoms with Gasteiger partial charge in [-0.05, 0) is 13.5 Å². The molecular formula is C13H23N3S2. The highest BCUT2D eigenvalue weighted by molar-refractivity contribution is 8.06. The third kappa shape index (κ3) is 3.68. The van der Waals surface area contributed by atoms with Crippen LogP contribution in [0.1, 0.15) is 19.7 Å². The van der Waals surface area contributed by atoms with Gasteiger partial charge in [0.25, 0.3) is 0 Å². The molecule has 2 rings (SSSR count). The first-order chi connectivity index (χ1) is 8.85. The van der Waals surface area contributed by atoms with E-state index in [1.165, 1.54) is 23.1 Å². The highest BCUT2D eigenvalue weighted by Crippen LogP contribution is 2.27. The molecule has 0 aliphatic carbocycles. The summed E-state index contributed by atoms with van der Waals surface area (Å²) in [7, 11) is 0. The molecule has 1 fully saturated rings. The number of thioether (sulfide) groups is 2. The fourth-order valence-electron chi connectivity index (χ4n) is 2.35. The summed E-state index contributed by atoms with van der Waals surface area (Å²) in [4.78, 5) is 4.51. The standard InChI is InChI=1S/C13H23N3S2/c1-3-14-11(12-10-17-7-8-18-12)9-13-15-5-6-16(13)4-2/h5-6,11-12,14H,3-4,7-10H2,1-2H3. The molecule has 1 saturated heterocycles. The van der Waals surface area contributed by atoms with Crippen LogP contribution in [0, 0.1) is 0 Å². The van der Waals surface area contributed by atoms with Gasteiger partial charge in [0.15, 0.2) is 0 Å². The topological polar surface area (TPSA) is 29.9 Å². The molecule has 1 aliphatic heterocycles. The molecule has 1 aromatic rings. The fourth-order valence-corrected chi connectivity index (χ4v) is 5.24. The van der Waals surface area contributed by atoms with Crippen molar-refractivity contribution in [2.75, 3.05) is 23.8 Å². The van der Waals surface area contributed by atoms with Crippen LogP contribution in [-0.2, 0) is 13.0 Å². The quantitative estimate of drug-likeness (QED) is 0.868. The van der Waals surface area contributed by atoms with Gasteiger partial charge in [0.2, 0.25) is 0 Å². The summed E-state index contributed by atoms with van der Waals surface area (Å²) in [6, 6.07) is 0.556. The number of imidazole rings is 1. The van der Waals surface area contributed by atoms with Crippen LogP contribution in [0.4, 0.5) is 0 Å². The Balaban J connectivity index is 2.00. The fraction of sp³-hybridized carbons (Fsp3) is 0.769. The van der Waals surface area contributed by atoms with Crippen LogP contribution in [-0.4, -0.2) is 44.6 Å². The molecule has 2 unspecified atom stereocenters. The normalized spacial score (nSPS) is 22.0. The first-order valence-corrected chi connectivity index (χ1v) is 8.98. The van der Waals surface area contributed by atoms with Crippen LogP contribution >= 0.6 is 23.5 Å². The van der Waals surface area contributed by atoms with Gasteiger partial charge in [0, 0.05) is 53.9 Å². The van der Waals surface area contributed by atoms with E-state index in [0.717, 1.165) is 24.8 Å². The number of nitrogens with zero attached hydrogens (tertiary/aromatic N) is 2. The molecular weight excluding hydrogens is 262 g/mol. The summed E-state index contributed by atoms with van der Waals surface area (Å²) in [6.07, 6.45) is 5.05. The second-order valence-electron chi connectivity index (χ2n) is 4.48. The Labute approximate surface area is 119 Å². The molecule has 3 nitrogen and oxygen atoms in total. The van der Waals surface area contributed by atoms with Crippen LogP contribution in [0.25, 0.3) is 0 Å². The first-order valence-electron chi connectivity index (χ1n) is 6.77. The van der Waals surface area contributed by atoms with Crippen molar-refractivity contribution in [3.05, 3.63) is 18.2 Å². The first kappa shape index (κ1) is 14.3. The van der Waals surface area contributed by atoms with Crippen LogP contribution < -0.4 is 5.32 Å². The number of nitrogens with one attached hydrogen (secondary N) is 1. The van der Waals surface area contributed by atoms with E-state index in [4.69, 9.17) is 0 Å². The average Bonchev–Trinajstić information content (AvgIpc) is 2.86. The summed E-state index contributed by atoms with van der Waals surface area (Å²) >= 11 is 4.22. The van der Waals surface area contributed by atoms with Gasteiger partial charge in [0.1, 0.15) is 5.82 Å². The molecule has 2 heterocycles. The van der Waals surface area contributed by atoms with E-state index < -0.39 is 0 Å². The number of likely N-dealkylation sites (N-methyl/N-ethyl adjacent to an activating group) is 1. The lowest BCUT2D eigenvalue weighted by atomic mass is 10.1. The second-order valence-corrected chi connectivity index (χ2v) is 6.98. The molecule has 0 spiro atoms. The molecule has 1 aliphatic rings. The van der Waals surface area contributed by atoms with Crippen molar-refractivity contribution in [1.29, 1.82) is 0 Å². The third-order valence-corrected chi connectivity index (χ3v) is 6.22. The smallest absolute Gasteiger partial charge is 0.110 e. The monoisotopic (exact) mass is 285 g/mol. The molecule has 18 heavy (non-hydrogen) atoms. The van der Waals surface area contributed by atoms with Gasteiger partial charge in [-0.15, -0.1) is 0 Å². The average molecular weight is 285 g/mol. The number of aromatic nitrogens is 2. The van der Waals surface area contributed by atoms with E-state index in [2.05, 4.69) is 58.4 Å². The van der Waals surface area contributed by atoms with Crippen LogP contribution in [0.5, 0.6) is 0 Å². The van der Waals surface area contributed by atoms with Crippen LogP contribution in [0.2, 0.25) is 0 Å². The summed E-state index contributed by atoms with van der Waals surface area (Å²) in [5, 5.41) is 4.38. The molecule has 1 N–H and O–H groups in total. The van der Waals surface area contributed by atoms with Gasteiger partial charge in [-0.25, -0.2) is 4.98 Å².